The predicted molar refractivity (Wildman–Crippen MR) is 157 cm³/mol. The van der Waals surface area contributed by atoms with E-state index in [1.807, 2.05) is 23.9 Å². The monoisotopic (exact) mass is 629 g/mol. The van der Waals surface area contributed by atoms with E-state index in [0.29, 0.717) is 47.3 Å². The molecule has 0 spiro atoms. The number of ether oxygens (including phenoxy) is 2. The fraction of sp³-hybridized carbons (Fsp3) is 0.448. The molecule has 0 saturated carbocycles. The zero-order chi connectivity index (χ0) is 28.1. The van der Waals surface area contributed by atoms with Gasteiger partial charge in [-0.2, -0.15) is 11.8 Å². The number of nitro groups is 1. The lowest BCUT2D eigenvalue weighted by atomic mass is 10.0. The minimum atomic E-state index is -0.791. The number of nitrogens with one attached hydrogen (secondary N) is 2. The van der Waals surface area contributed by atoms with Crippen molar-refractivity contribution in [2.75, 3.05) is 12.4 Å². The van der Waals surface area contributed by atoms with Gasteiger partial charge in [0.1, 0.15) is 17.3 Å². The van der Waals surface area contributed by atoms with Crippen LogP contribution in [0.25, 0.3) is 6.08 Å². The molecule has 2 aromatic rings. The van der Waals surface area contributed by atoms with Crippen LogP contribution in [0.4, 0.5) is 4.79 Å². The molecular formula is C29H32BrN3O6S. The molecule has 4 atom stereocenters. The summed E-state index contributed by atoms with van der Waals surface area (Å²) in [5.74, 6) is 2.40. The second-order valence-corrected chi connectivity index (χ2v) is 12.5. The van der Waals surface area contributed by atoms with E-state index in [0.717, 1.165) is 42.3 Å². The third kappa shape index (κ3) is 6.98. The van der Waals surface area contributed by atoms with E-state index in [1.54, 1.807) is 36.4 Å². The molecule has 9 nitrogen and oxygen atoms in total. The number of benzene rings is 2. The van der Waals surface area contributed by atoms with Gasteiger partial charge in [-0.15, -0.1) is 0 Å². The minimum absolute atomic E-state index is 0.0287. The summed E-state index contributed by atoms with van der Waals surface area (Å²) in [5, 5.41) is 18.2. The first kappa shape index (κ1) is 28.5. The molecule has 3 aliphatic heterocycles. The molecule has 0 aliphatic carbocycles. The highest BCUT2D eigenvalue weighted by molar-refractivity contribution is 9.10. The Morgan fingerprint density at radius 1 is 1.10 bits per heavy atom. The lowest BCUT2D eigenvalue weighted by Gasteiger charge is -2.23. The first-order valence-corrected chi connectivity index (χ1v) is 15.5. The van der Waals surface area contributed by atoms with Gasteiger partial charge >= 0.3 is 6.03 Å². The lowest BCUT2D eigenvalue weighted by Crippen LogP contribution is -2.36. The topological polar surface area (TPSA) is 120 Å². The Kier molecular flexibility index (Phi) is 9.31. The normalized spacial score (nSPS) is 22.8. The summed E-state index contributed by atoms with van der Waals surface area (Å²) in [6.45, 7) is 0.460. The molecule has 0 bridgehead atoms. The number of carbonyl (C=O) groups is 2. The van der Waals surface area contributed by atoms with Crippen LogP contribution in [-0.4, -0.2) is 46.4 Å². The van der Waals surface area contributed by atoms with Crippen LogP contribution in [0.5, 0.6) is 11.5 Å². The maximum Gasteiger partial charge on any atom is 0.315 e. The highest BCUT2D eigenvalue weighted by atomic mass is 79.9. The van der Waals surface area contributed by atoms with E-state index < -0.39 is 11.0 Å². The van der Waals surface area contributed by atoms with Gasteiger partial charge in [-0.05, 0) is 56.0 Å². The van der Waals surface area contributed by atoms with Crippen molar-refractivity contribution in [1.82, 2.24) is 10.6 Å². The number of thioether (sulfide) groups is 1. The van der Waals surface area contributed by atoms with Crippen molar-refractivity contribution in [1.29, 1.82) is 0 Å². The average molecular weight is 631 g/mol. The van der Waals surface area contributed by atoms with Gasteiger partial charge in [0.25, 0.3) is 5.70 Å². The van der Waals surface area contributed by atoms with E-state index in [-0.39, 0.29) is 29.6 Å². The van der Waals surface area contributed by atoms with Crippen LogP contribution in [0.15, 0.2) is 52.6 Å². The van der Waals surface area contributed by atoms with Crippen molar-refractivity contribution in [3.8, 4) is 11.5 Å². The highest BCUT2D eigenvalue weighted by Crippen LogP contribution is 2.39. The minimum Gasteiger partial charge on any atom is -0.494 e. The van der Waals surface area contributed by atoms with Crippen molar-refractivity contribution in [3.05, 3.63) is 73.9 Å². The number of fused-ring (bicyclic) bond motifs is 2. The first-order chi connectivity index (χ1) is 19.4. The van der Waals surface area contributed by atoms with Crippen molar-refractivity contribution in [2.45, 2.75) is 68.4 Å². The molecule has 0 radical (unpaired) electrons. The van der Waals surface area contributed by atoms with E-state index in [2.05, 4.69) is 26.6 Å². The first-order valence-electron chi connectivity index (χ1n) is 13.6. The molecule has 212 valence electrons. The molecule has 2 N–H and O–H groups in total. The molecule has 2 saturated heterocycles. The Morgan fingerprint density at radius 3 is 2.65 bits per heavy atom. The molecule has 11 heteroatoms. The van der Waals surface area contributed by atoms with Gasteiger partial charge in [-0.1, -0.05) is 34.5 Å². The molecule has 2 amide bonds. The Labute approximate surface area is 245 Å². The zero-order valence-electron chi connectivity index (χ0n) is 22.0. The largest absolute Gasteiger partial charge is 0.494 e. The zero-order valence-corrected chi connectivity index (χ0v) is 24.4. The van der Waals surface area contributed by atoms with Crippen LogP contribution in [0.2, 0.25) is 0 Å². The van der Waals surface area contributed by atoms with Crippen LogP contribution < -0.4 is 20.1 Å². The smallest absolute Gasteiger partial charge is 0.315 e. The number of rotatable bonds is 13. The number of hydrogen-bond donors (Lipinski definition) is 2. The Bertz CT molecular complexity index is 1290. The highest BCUT2D eigenvalue weighted by Gasteiger charge is 2.42. The fourth-order valence-electron chi connectivity index (χ4n) is 5.33. The van der Waals surface area contributed by atoms with Crippen LogP contribution in [0, 0.1) is 10.1 Å². The van der Waals surface area contributed by atoms with Gasteiger partial charge in [0.2, 0.25) is 6.10 Å². The number of unbranched alkanes of at least 4 members (excludes halogenated alkanes) is 2. The quantitative estimate of drug-likeness (QED) is 0.120. The standard InChI is InChI=1S/C29H32BrN3O6S/c30-20-10-8-18(9-11-20)28-24(33(36)37)16-19-15-22(12-13-25(19)39-28)38-14-4-3-6-21(34)5-1-2-7-26-27-23(17-40-26)31-29(35)32-27/h8-13,15-16,23,26-28H,1-7,14,17H2,(H2,31,32,35)/t23-,26?,27-,28?/m0/s1. The summed E-state index contributed by atoms with van der Waals surface area (Å²) < 4.78 is 12.8. The summed E-state index contributed by atoms with van der Waals surface area (Å²) in [5.41, 5.74) is 1.28. The number of amides is 2. The van der Waals surface area contributed by atoms with Gasteiger partial charge < -0.3 is 20.1 Å². The molecular weight excluding hydrogens is 598 g/mol. The Morgan fingerprint density at radius 2 is 1.88 bits per heavy atom. The van der Waals surface area contributed by atoms with Crippen molar-refractivity contribution in [3.63, 3.8) is 0 Å². The Balaban J connectivity index is 1.01. The maximum atomic E-state index is 12.3. The number of hydrogen-bond acceptors (Lipinski definition) is 7. The van der Waals surface area contributed by atoms with Gasteiger partial charge in [0.05, 0.1) is 23.6 Å². The van der Waals surface area contributed by atoms with Crippen molar-refractivity contribution >= 4 is 45.6 Å². The van der Waals surface area contributed by atoms with Crippen LogP contribution >= 0.6 is 27.7 Å². The Hall–Kier alpha value is -3.05. The fourth-order valence-corrected chi connectivity index (χ4v) is 7.14. The number of Topliss-reactive ketones (excluding diaryl/α,β-unsaturated/α-hetero) is 1. The van der Waals surface area contributed by atoms with Crippen LogP contribution in [0.1, 0.15) is 62.2 Å². The number of halogens is 1. The molecule has 40 heavy (non-hydrogen) atoms. The molecule has 5 rings (SSSR count). The third-order valence-corrected chi connectivity index (χ3v) is 9.47. The van der Waals surface area contributed by atoms with Crippen LogP contribution in [-0.2, 0) is 4.79 Å². The molecule has 2 aromatic carbocycles. The van der Waals surface area contributed by atoms with Gasteiger partial charge in [-0.25, -0.2) is 4.79 Å². The van der Waals surface area contributed by atoms with E-state index in [1.165, 1.54) is 0 Å². The van der Waals surface area contributed by atoms with Crippen LogP contribution in [0.3, 0.4) is 0 Å². The van der Waals surface area contributed by atoms with Crippen molar-refractivity contribution in [2.24, 2.45) is 0 Å². The summed E-state index contributed by atoms with van der Waals surface area (Å²) in [7, 11) is 0. The van der Waals surface area contributed by atoms with Gasteiger partial charge in [0, 0.05) is 45.5 Å². The maximum absolute atomic E-state index is 12.3. The SMILES string of the molecule is O=C(CCCCOc1ccc2c(c1)C=C([N+](=O)[O-])C(c1ccc(Br)cc1)O2)CCCCC1SC[C@@H]2NC(=O)N[C@H]12. The summed E-state index contributed by atoms with van der Waals surface area (Å²) in [6.07, 6.45) is 6.27. The number of urea groups is 1. The van der Waals surface area contributed by atoms with Crippen molar-refractivity contribution < 1.29 is 24.0 Å². The van der Waals surface area contributed by atoms with E-state index in [9.17, 15) is 19.7 Å². The average Bonchev–Trinajstić information content (AvgIpc) is 3.49. The number of nitrogens with zero attached hydrogens (tertiary/aromatic N) is 1. The third-order valence-electron chi connectivity index (χ3n) is 7.43. The molecule has 3 aliphatic rings. The lowest BCUT2D eigenvalue weighted by molar-refractivity contribution is -0.434. The van der Waals surface area contributed by atoms with E-state index >= 15 is 0 Å². The number of carbonyl (C=O) groups excluding carboxylic acids is 2. The molecule has 3 heterocycles. The van der Waals surface area contributed by atoms with Gasteiger partial charge in [0.15, 0.2) is 0 Å². The predicted octanol–water partition coefficient (Wildman–Crippen LogP) is 6.04. The molecule has 2 fully saturated rings. The molecule has 0 aromatic heterocycles. The summed E-state index contributed by atoms with van der Waals surface area (Å²) >= 11 is 5.29. The second kappa shape index (κ2) is 13.1. The second-order valence-electron chi connectivity index (χ2n) is 10.3. The molecule has 2 unspecified atom stereocenters. The van der Waals surface area contributed by atoms with E-state index in [4.69, 9.17) is 9.47 Å². The summed E-state index contributed by atoms with van der Waals surface area (Å²) in [4.78, 5) is 35.1. The summed E-state index contributed by atoms with van der Waals surface area (Å²) in [6, 6.07) is 13.0. The number of ketones is 1. The van der Waals surface area contributed by atoms with Gasteiger partial charge in [-0.3, -0.25) is 14.9 Å².